The van der Waals surface area contributed by atoms with Crippen LogP contribution in [0.2, 0.25) is 0 Å². The van der Waals surface area contributed by atoms with E-state index in [1.54, 1.807) is 0 Å². The Bertz CT molecular complexity index is 535. The molecule has 1 fully saturated rings. The average molecular weight is 281 g/mol. The highest BCUT2D eigenvalue weighted by Crippen LogP contribution is 2.32. The van der Waals surface area contributed by atoms with E-state index in [-0.39, 0.29) is 12.1 Å². The quantitative estimate of drug-likeness (QED) is 0.904. The summed E-state index contributed by atoms with van der Waals surface area (Å²) in [5, 5.41) is 3.42. The molecule has 0 spiro atoms. The Kier molecular flexibility index (Phi) is 4.65. The summed E-state index contributed by atoms with van der Waals surface area (Å²) in [4.78, 5) is 2.50. The van der Waals surface area contributed by atoms with Crippen molar-refractivity contribution in [3.8, 4) is 0 Å². The van der Waals surface area contributed by atoms with Crippen LogP contribution in [0, 0.1) is 0 Å². The number of nitrogens with zero attached hydrogens (tertiary/aromatic N) is 1. The first-order valence-electron chi connectivity index (χ1n) is 7.66. The summed E-state index contributed by atoms with van der Waals surface area (Å²) in [7, 11) is 0. The lowest BCUT2D eigenvalue weighted by molar-refractivity contribution is 0.151. The molecule has 3 heteroatoms. The van der Waals surface area contributed by atoms with Gasteiger partial charge in [0.1, 0.15) is 0 Å². The molecule has 0 bridgehead atoms. The molecule has 1 saturated heterocycles. The standard InChI is InChI=1S/C18H23N3/c19-17(15-7-3-1-4-8-15)18(16-9-5-2-6-10-16)21-13-11-20-12-14-21/h1-10,17-18,20H,11-14,19H2/t17-,18+/m0/s1. The van der Waals surface area contributed by atoms with E-state index in [2.05, 4.69) is 64.8 Å². The van der Waals surface area contributed by atoms with Crippen LogP contribution in [0.15, 0.2) is 60.7 Å². The Balaban J connectivity index is 1.92. The van der Waals surface area contributed by atoms with E-state index in [4.69, 9.17) is 5.73 Å². The summed E-state index contributed by atoms with van der Waals surface area (Å²) in [5.74, 6) is 0. The molecular formula is C18H23N3. The van der Waals surface area contributed by atoms with E-state index in [0.29, 0.717) is 0 Å². The van der Waals surface area contributed by atoms with Crippen LogP contribution in [-0.2, 0) is 0 Å². The zero-order valence-electron chi connectivity index (χ0n) is 12.3. The van der Waals surface area contributed by atoms with Gasteiger partial charge in [-0.2, -0.15) is 0 Å². The fraction of sp³-hybridized carbons (Fsp3) is 0.333. The highest BCUT2D eigenvalue weighted by atomic mass is 15.2. The lowest BCUT2D eigenvalue weighted by atomic mass is 9.92. The second kappa shape index (κ2) is 6.85. The second-order valence-corrected chi connectivity index (χ2v) is 5.58. The number of nitrogens with two attached hydrogens (primary N) is 1. The molecule has 2 aromatic carbocycles. The Morgan fingerprint density at radius 1 is 0.810 bits per heavy atom. The molecule has 3 N–H and O–H groups in total. The highest BCUT2D eigenvalue weighted by Gasteiger charge is 2.28. The Labute approximate surface area is 126 Å². The van der Waals surface area contributed by atoms with Crippen molar-refractivity contribution < 1.29 is 0 Å². The van der Waals surface area contributed by atoms with Crippen molar-refractivity contribution >= 4 is 0 Å². The minimum absolute atomic E-state index is 0.00769. The molecule has 3 nitrogen and oxygen atoms in total. The number of piperazine rings is 1. The molecule has 0 aliphatic carbocycles. The van der Waals surface area contributed by atoms with Gasteiger partial charge in [-0.05, 0) is 11.1 Å². The van der Waals surface area contributed by atoms with Gasteiger partial charge in [-0.25, -0.2) is 0 Å². The fourth-order valence-electron chi connectivity index (χ4n) is 3.11. The molecule has 0 radical (unpaired) electrons. The minimum atomic E-state index is -0.00769. The lowest BCUT2D eigenvalue weighted by Gasteiger charge is -2.38. The summed E-state index contributed by atoms with van der Waals surface area (Å²) >= 11 is 0. The monoisotopic (exact) mass is 281 g/mol. The average Bonchev–Trinajstić information content (AvgIpc) is 2.58. The van der Waals surface area contributed by atoms with Crippen molar-refractivity contribution in [2.45, 2.75) is 12.1 Å². The lowest BCUT2D eigenvalue weighted by Crippen LogP contribution is -2.47. The van der Waals surface area contributed by atoms with Crippen molar-refractivity contribution in [3.05, 3.63) is 71.8 Å². The van der Waals surface area contributed by atoms with Gasteiger partial charge >= 0.3 is 0 Å². The van der Waals surface area contributed by atoms with Crippen LogP contribution in [0.3, 0.4) is 0 Å². The molecule has 3 rings (SSSR count). The number of benzene rings is 2. The first-order chi connectivity index (χ1) is 10.4. The predicted octanol–water partition coefficient (Wildman–Crippen LogP) is 2.33. The summed E-state index contributed by atoms with van der Waals surface area (Å²) in [6, 6.07) is 21.3. The number of nitrogens with one attached hydrogen (secondary N) is 1. The maximum absolute atomic E-state index is 6.64. The number of rotatable bonds is 4. The third kappa shape index (κ3) is 3.32. The zero-order chi connectivity index (χ0) is 14.5. The third-order valence-corrected chi connectivity index (χ3v) is 4.21. The largest absolute Gasteiger partial charge is 0.322 e. The Morgan fingerprint density at radius 2 is 1.33 bits per heavy atom. The first kappa shape index (κ1) is 14.3. The number of hydrogen-bond donors (Lipinski definition) is 2. The normalized spacial score (nSPS) is 19.1. The van der Waals surface area contributed by atoms with Gasteiger partial charge in [0, 0.05) is 32.2 Å². The minimum Gasteiger partial charge on any atom is -0.322 e. The van der Waals surface area contributed by atoms with Gasteiger partial charge in [0.25, 0.3) is 0 Å². The van der Waals surface area contributed by atoms with Gasteiger partial charge < -0.3 is 11.1 Å². The van der Waals surface area contributed by atoms with Gasteiger partial charge in [0.05, 0.1) is 6.04 Å². The summed E-state index contributed by atoms with van der Waals surface area (Å²) in [6.45, 7) is 4.15. The molecule has 1 aliphatic rings. The van der Waals surface area contributed by atoms with E-state index in [1.807, 2.05) is 6.07 Å². The van der Waals surface area contributed by atoms with Crippen LogP contribution in [-0.4, -0.2) is 31.1 Å². The van der Waals surface area contributed by atoms with Crippen LogP contribution in [0.4, 0.5) is 0 Å². The third-order valence-electron chi connectivity index (χ3n) is 4.21. The second-order valence-electron chi connectivity index (χ2n) is 5.58. The van der Waals surface area contributed by atoms with Crippen molar-refractivity contribution in [2.24, 2.45) is 5.73 Å². The van der Waals surface area contributed by atoms with Crippen LogP contribution in [0.5, 0.6) is 0 Å². The van der Waals surface area contributed by atoms with Crippen LogP contribution in [0.1, 0.15) is 23.2 Å². The van der Waals surface area contributed by atoms with E-state index in [9.17, 15) is 0 Å². The molecule has 2 aromatic rings. The van der Waals surface area contributed by atoms with E-state index in [1.165, 1.54) is 11.1 Å². The first-order valence-corrected chi connectivity index (χ1v) is 7.66. The van der Waals surface area contributed by atoms with Gasteiger partial charge in [-0.1, -0.05) is 60.7 Å². The maximum Gasteiger partial charge on any atom is 0.0542 e. The molecule has 110 valence electrons. The van der Waals surface area contributed by atoms with Crippen LogP contribution < -0.4 is 11.1 Å². The zero-order valence-corrected chi connectivity index (χ0v) is 12.3. The van der Waals surface area contributed by atoms with Crippen molar-refractivity contribution in [1.29, 1.82) is 0 Å². The van der Waals surface area contributed by atoms with E-state index >= 15 is 0 Å². The molecular weight excluding hydrogens is 258 g/mol. The highest BCUT2D eigenvalue weighted by molar-refractivity contribution is 5.27. The Morgan fingerprint density at radius 3 is 1.90 bits per heavy atom. The summed E-state index contributed by atoms with van der Waals surface area (Å²) < 4.78 is 0. The molecule has 0 unspecified atom stereocenters. The van der Waals surface area contributed by atoms with Gasteiger partial charge in [-0.3, -0.25) is 4.90 Å². The fourth-order valence-corrected chi connectivity index (χ4v) is 3.11. The van der Waals surface area contributed by atoms with Gasteiger partial charge in [0.15, 0.2) is 0 Å². The van der Waals surface area contributed by atoms with Crippen molar-refractivity contribution in [3.63, 3.8) is 0 Å². The van der Waals surface area contributed by atoms with Crippen LogP contribution in [0.25, 0.3) is 0 Å². The van der Waals surface area contributed by atoms with E-state index in [0.717, 1.165) is 26.2 Å². The van der Waals surface area contributed by atoms with Crippen molar-refractivity contribution in [1.82, 2.24) is 10.2 Å². The molecule has 1 aliphatic heterocycles. The summed E-state index contributed by atoms with van der Waals surface area (Å²) in [5.41, 5.74) is 9.14. The molecule has 21 heavy (non-hydrogen) atoms. The van der Waals surface area contributed by atoms with Gasteiger partial charge in [0.2, 0.25) is 0 Å². The van der Waals surface area contributed by atoms with E-state index < -0.39 is 0 Å². The smallest absolute Gasteiger partial charge is 0.0542 e. The molecule has 2 atom stereocenters. The molecule has 0 aromatic heterocycles. The topological polar surface area (TPSA) is 41.3 Å². The summed E-state index contributed by atoms with van der Waals surface area (Å²) in [6.07, 6.45) is 0. The van der Waals surface area contributed by atoms with Crippen LogP contribution >= 0.6 is 0 Å². The maximum atomic E-state index is 6.64. The molecule has 1 heterocycles. The van der Waals surface area contributed by atoms with Gasteiger partial charge in [-0.15, -0.1) is 0 Å². The number of hydrogen-bond acceptors (Lipinski definition) is 3. The molecule has 0 amide bonds. The van der Waals surface area contributed by atoms with Crippen molar-refractivity contribution in [2.75, 3.05) is 26.2 Å². The predicted molar refractivity (Wildman–Crippen MR) is 87.0 cm³/mol. The Hall–Kier alpha value is -1.68. The molecule has 0 saturated carbocycles. The SMILES string of the molecule is N[C@@H](c1ccccc1)[C@@H](c1ccccc1)N1CCNCC1.